The third-order valence-corrected chi connectivity index (χ3v) is 3.45. The Balaban J connectivity index is 0.000000574. The van der Waals surface area contributed by atoms with E-state index in [9.17, 15) is 0 Å². The zero-order valence-corrected chi connectivity index (χ0v) is 11.1. The van der Waals surface area contributed by atoms with E-state index >= 15 is 0 Å². The van der Waals surface area contributed by atoms with Crippen molar-refractivity contribution in [2.75, 3.05) is 7.05 Å². The monoisotopic (exact) mass is 243 g/mol. The smallest absolute Gasteiger partial charge is 0.0953 e. The zero-order chi connectivity index (χ0) is 13.0. The first-order valence-corrected chi connectivity index (χ1v) is 6.49. The lowest BCUT2D eigenvalue weighted by molar-refractivity contribution is 0.458. The Hall–Kier alpha value is -1.61. The number of fused-ring (bicyclic) bond motifs is 1. The fraction of sp³-hybridized carbons (Fsp3) is 0.400. The molecule has 2 heterocycles. The Bertz CT molecular complexity index is 485. The lowest BCUT2D eigenvalue weighted by atomic mass is 9.96. The maximum atomic E-state index is 4.50. The highest BCUT2D eigenvalue weighted by Gasteiger charge is 2.20. The summed E-state index contributed by atoms with van der Waals surface area (Å²) in [4.78, 5) is 4.26. The Morgan fingerprint density at radius 3 is 2.67 bits per heavy atom. The van der Waals surface area contributed by atoms with Crippen molar-refractivity contribution in [3.05, 3.63) is 53.6 Å². The quantitative estimate of drug-likeness (QED) is 0.837. The summed E-state index contributed by atoms with van der Waals surface area (Å²) >= 11 is 0. The number of nitrogens with zero attached hydrogens (tertiary/aromatic N) is 2. The minimum Gasteiger partial charge on any atom is -0.333 e. The van der Waals surface area contributed by atoms with E-state index in [1.165, 1.54) is 43.1 Å². The molecule has 96 valence electrons. The summed E-state index contributed by atoms with van der Waals surface area (Å²) in [5.41, 5.74) is 8.60. The number of rotatable bonds is 1. The summed E-state index contributed by atoms with van der Waals surface area (Å²) in [7, 11) is 1.50. The molecule has 1 aliphatic rings. The number of aryl methyl sites for hydroxylation is 2. The van der Waals surface area contributed by atoms with Gasteiger partial charge in [0.25, 0.3) is 0 Å². The van der Waals surface area contributed by atoms with Crippen LogP contribution in [-0.2, 0) is 6.42 Å². The summed E-state index contributed by atoms with van der Waals surface area (Å²) in [5.74, 6) is 0. The van der Waals surface area contributed by atoms with Gasteiger partial charge in [-0.05, 0) is 38.8 Å². The van der Waals surface area contributed by atoms with E-state index < -0.39 is 0 Å². The van der Waals surface area contributed by atoms with Crippen molar-refractivity contribution in [2.45, 2.75) is 32.2 Å². The Morgan fingerprint density at radius 2 is 1.94 bits per heavy atom. The maximum absolute atomic E-state index is 4.50. The Kier molecular flexibility index (Phi) is 4.15. The molecular weight excluding hydrogens is 222 g/mol. The molecule has 2 N–H and O–H groups in total. The van der Waals surface area contributed by atoms with Crippen molar-refractivity contribution in [1.29, 1.82) is 0 Å². The van der Waals surface area contributed by atoms with E-state index in [4.69, 9.17) is 0 Å². The number of hydrogen-bond acceptors (Lipinski definition) is 2. The van der Waals surface area contributed by atoms with Crippen LogP contribution in [0.4, 0.5) is 0 Å². The predicted molar refractivity (Wildman–Crippen MR) is 74.6 cm³/mol. The molecule has 0 bridgehead atoms. The highest BCUT2D eigenvalue weighted by molar-refractivity contribution is 5.26. The van der Waals surface area contributed by atoms with Gasteiger partial charge < -0.3 is 10.3 Å². The average Bonchev–Trinajstić information content (AvgIpc) is 2.90. The van der Waals surface area contributed by atoms with Gasteiger partial charge in [-0.2, -0.15) is 0 Å². The highest BCUT2D eigenvalue weighted by atomic mass is 15.1. The van der Waals surface area contributed by atoms with Gasteiger partial charge in [0.15, 0.2) is 0 Å². The lowest BCUT2D eigenvalue weighted by Crippen LogP contribution is -2.17. The van der Waals surface area contributed by atoms with Gasteiger partial charge >= 0.3 is 0 Å². The SMILES string of the molecule is CN.Cc1ccc([C@H]2CCCc3cncn32)cc1. The van der Waals surface area contributed by atoms with Crippen LogP contribution in [0.3, 0.4) is 0 Å². The van der Waals surface area contributed by atoms with Crippen LogP contribution < -0.4 is 5.73 Å². The van der Waals surface area contributed by atoms with Crippen molar-refractivity contribution in [1.82, 2.24) is 9.55 Å². The summed E-state index contributed by atoms with van der Waals surface area (Å²) in [6.45, 7) is 2.13. The van der Waals surface area contributed by atoms with Crippen LogP contribution in [0.15, 0.2) is 36.8 Å². The second kappa shape index (κ2) is 5.83. The number of hydrogen-bond donors (Lipinski definition) is 1. The van der Waals surface area contributed by atoms with E-state index in [2.05, 4.69) is 46.5 Å². The molecule has 0 unspecified atom stereocenters. The number of imidazole rings is 1. The van der Waals surface area contributed by atoms with E-state index in [-0.39, 0.29) is 0 Å². The summed E-state index contributed by atoms with van der Waals surface area (Å²) < 4.78 is 2.33. The maximum Gasteiger partial charge on any atom is 0.0953 e. The molecule has 1 aromatic carbocycles. The molecule has 3 heteroatoms. The predicted octanol–water partition coefficient (Wildman–Crippen LogP) is 2.69. The van der Waals surface area contributed by atoms with Crippen LogP contribution in [0.25, 0.3) is 0 Å². The molecule has 1 atom stereocenters. The highest BCUT2D eigenvalue weighted by Crippen LogP contribution is 2.30. The molecule has 0 fully saturated rings. The molecule has 0 saturated carbocycles. The third kappa shape index (κ3) is 2.46. The number of nitrogens with two attached hydrogens (primary N) is 1. The molecule has 2 aromatic rings. The second-order valence-electron chi connectivity index (χ2n) is 4.61. The first-order chi connectivity index (χ1) is 8.84. The van der Waals surface area contributed by atoms with Gasteiger partial charge in [-0.1, -0.05) is 29.8 Å². The van der Waals surface area contributed by atoms with Gasteiger partial charge in [0.05, 0.1) is 12.4 Å². The van der Waals surface area contributed by atoms with Crippen molar-refractivity contribution in [3.63, 3.8) is 0 Å². The van der Waals surface area contributed by atoms with Gasteiger partial charge in [-0.3, -0.25) is 0 Å². The van der Waals surface area contributed by atoms with Gasteiger partial charge in [-0.25, -0.2) is 4.98 Å². The Morgan fingerprint density at radius 1 is 1.22 bits per heavy atom. The fourth-order valence-corrected chi connectivity index (χ4v) is 2.54. The van der Waals surface area contributed by atoms with Gasteiger partial charge in [0, 0.05) is 11.9 Å². The summed E-state index contributed by atoms with van der Waals surface area (Å²) in [6.07, 6.45) is 7.64. The average molecular weight is 243 g/mol. The van der Waals surface area contributed by atoms with Crippen LogP contribution in [0.5, 0.6) is 0 Å². The van der Waals surface area contributed by atoms with Crippen molar-refractivity contribution >= 4 is 0 Å². The number of benzene rings is 1. The second-order valence-corrected chi connectivity index (χ2v) is 4.61. The molecule has 18 heavy (non-hydrogen) atoms. The van der Waals surface area contributed by atoms with Crippen LogP contribution in [0.1, 0.15) is 35.7 Å². The van der Waals surface area contributed by atoms with Crippen LogP contribution in [0, 0.1) is 6.92 Å². The van der Waals surface area contributed by atoms with Crippen molar-refractivity contribution in [2.24, 2.45) is 5.73 Å². The molecule has 3 rings (SSSR count). The summed E-state index contributed by atoms with van der Waals surface area (Å²) in [6, 6.07) is 9.37. The largest absolute Gasteiger partial charge is 0.333 e. The molecular formula is C15H21N3. The van der Waals surface area contributed by atoms with Gasteiger partial charge in [0.1, 0.15) is 0 Å². The van der Waals surface area contributed by atoms with Crippen LogP contribution in [-0.4, -0.2) is 16.6 Å². The molecule has 3 nitrogen and oxygen atoms in total. The molecule has 1 aliphatic heterocycles. The molecule has 0 saturated heterocycles. The lowest BCUT2D eigenvalue weighted by Gasteiger charge is -2.25. The first kappa shape index (κ1) is 12.8. The van der Waals surface area contributed by atoms with E-state index in [1.807, 2.05) is 12.5 Å². The van der Waals surface area contributed by atoms with E-state index in [0.717, 1.165) is 0 Å². The van der Waals surface area contributed by atoms with Gasteiger partial charge in [-0.15, -0.1) is 0 Å². The first-order valence-electron chi connectivity index (χ1n) is 6.49. The van der Waals surface area contributed by atoms with E-state index in [1.54, 1.807) is 0 Å². The normalized spacial score (nSPS) is 17.6. The zero-order valence-electron chi connectivity index (χ0n) is 11.1. The minimum absolute atomic E-state index is 0.492. The van der Waals surface area contributed by atoms with Crippen molar-refractivity contribution in [3.8, 4) is 0 Å². The molecule has 0 aliphatic carbocycles. The molecule has 0 radical (unpaired) electrons. The molecule has 0 spiro atoms. The van der Waals surface area contributed by atoms with Crippen molar-refractivity contribution < 1.29 is 0 Å². The summed E-state index contributed by atoms with van der Waals surface area (Å²) in [5, 5.41) is 0. The third-order valence-electron chi connectivity index (χ3n) is 3.45. The fourth-order valence-electron chi connectivity index (χ4n) is 2.54. The van der Waals surface area contributed by atoms with E-state index in [0.29, 0.717) is 6.04 Å². The standard InChI is InChI=1S/C14H16N2.CH5N/c1-11-5-7-12(8-6-11)14-4-2-3-13-9-15-10-16(13)14;1-2/h5-10,14H,2-4H2,1H3;2H2,1H3/t14-;/m1./s1. The molecule has 1 aromatic heterocycles. The van der Waals surface area contributed by atoms with Gasteiger partial charge in [0.2, 0.25) is 0 Å². The Labute approximate surface area is 109 Å². The van der Waals surface area contributed by atoms with Crippen LogP contribution in [0.2, 0.25) is 0 Å². The minimum atomic E-state index is 0.492. The van der Waals surface area contributed by atoms with Crippen LogP contribution >= 0.6 is 0 Å². The number of aromatic nitrogens is 2. The topological polar surface area (TPSA) is 43.8 Å². The molecule has 0 amide bonds.